The van der Waals surface area contributed by atoms with E-state index in [1.165, 1.54) is 0 Å². The van der Waals surface area contributed by atoms with Gasteiger partial charge in [0.1, 0.15) is 5.82 Å². The van der Waals surface area contributed by atoms with Gasteiger partial charge in [-0.2, -0.15) is 0 Å². The van der Waals surface area contributed by atoms with Gasteiger partial charge in [-0.3, -0.25) is 4.79 Å². The van der Waals surface area contributed by atoms with E-state index in [2.05, 4.69) is 15.0 Å². The van der Waals surface area contributed by atoms with Crippen LogP contribution < -0.4 is 11.3 Å². The van der Waals surface area contributed by atoms with Crippen LogP contribution in [0.1, 0.15) is 11.4 Å². The molecule has 17 heavy (non-hydrogen) atoms. The van der Waals surface area contributed by atoms with Gasteiger partial charge in [-0.15, -0.1) is 0 Å². The summed E-state index contributed by atoms with van der Waals surface area (Å²) < 4.78 is 0. The Balaban J connectivity index is 2.37. The minimum atomic E-state index is -0.331. The highest BCUT2D eigenvalue weighted by molar-refractivity contribution is 5.82. The second kappa shape index (κ2) is 4.61. The molecule has 1 aromatic carbocycles. The first-order chi connectivity index (χ1) is 8.16. The van der Waals surface area contributed by atoms with Gasteiger partial charge in [-0.05, 0) is 12.5 Å². The largest absolute Gasteiger partial charge is 0.382 e. The summed E-state index contributed by atoms with van der Waals surface area (Å²) in [6.07, 6.45) is 1.58. The highest BCUT2D eigenvalue weighted by Gasteiger charge is 2.04. The predicted molar refractivity (Wildman–Crippen MR) is 67.7 cm³/mol. The summed E-state index contributed by atoms with van der Waals surface area (Å²) >= 11 is 0. The van der Waals surface area contributed by atoms with Crippen LogP contribution in [0.3, 0.4) is 0 Å². The number of aromatic amines is 1. The van der Waals surface area contributed by atoms with E-state index in [1.807, 2.05) is 30.3 Å². The van der Waals surface area contributed by atoms with E-state index in [4.69, 9.17) is 5.73 Å². The van der Waals surface area contributed by atoms with E-state index in [1.54, 1.807) is 13.1 Å². The number of aromatic nitrogens is 2. The molecule has 0 aliphatic rings. The second-order valence-corrected chi connectivity index (χ2v) is 3.55. The quantitative estimate of drug-likeness (QED) is 0.762. The zero-order valence-electron chi connectivity index (χ0n) is 9.34. The summed E-state index contributed by atoms with van der Waals surface area (Å²) in [6.45, 7) is 1.67. The summed E-state index contributed by atoms with van der Waals surface area (Å²) in [4.78, 5) is 22.2. The standard InChI is InChI=1S/C12H12N4O/c1-8-15-11(13)10(12(17)16-8)14-7-9-5-3-2-4-6-9/h2-7H,1H3,(H3,13,15,16,17). The molecule has 1 aromatic heterocycles. The molecular weight excluding hydrogens is 216 g/mol. The van der Waals surface area contributed by atoms with Crippen LogP contribution in [-0.2, 0) is 0 Å². The fourth-order valence-corrected chi connectivity index (χ4v) is 1.40. The summed E-state index contributed by atoms with van der Waals surface area (Å²) in [7, 11) is 0. The molecule has 0 fully saturated rings. The van der Waals surface area contributed by atoms with E-state index >= 15 is 0 Å². The van der Waals surface area contributed by atoms with E-state index in [-0.39, 0.29) is 17.1 Å². The van der Waals surface area contributed by atoms with Crippen molar-refractivity contribution in [1.82, 2.24) is 9.97 Å². The number of anilines is 1. The summed E-state index contributed by atoms with van der Waals surface area (Å²) in [5.41, 5.74) is 6.34. The fourth-order valence-electron chi connectivity index (χ4n) is 1.40. The molecule has 5 nitrogen and oxygen atoms in total. The molecule has 0 saturated carbocycles. The minimum absolute atomic E-state index is 0.137. The molecule has 2 rings (SSSR count). The molecule has 5 heteroatoms. The number of benzene rings is 1. The molecule has 0 aliphatic heterocycles. The summed E-state index contributed by atoms with van der Waals surface area (Å²) in [6, 6.07) is 9.46. The van der Waals surface area contributed by atoms with Gasteiger partial charge >= 0.3 is 0 Å². The number of nitrogens with one attached hydrogen (secondary N) is 1. The van der Waals surface area contributed by atoms with Gasteiger partial charge < -0.3 is 10.7 Å². The van der Waals surface area contributed by atoms with Crippen molar-refractivity contribution in [3.05, 3.63) is 52.1 Å². The number of nitrogen functional groups attached to an aromatic ring is 1. The van der Waals surface area contributed by atoms with Gasteiger partial charge in [0.25, 0.3) is 5.56 Å². The van der Waals surface area contributed by atoms with Gasteiger partial charge in [-0.1, -0.05) is 30.3 Å². The summed E-state index contributed by atoms with van der Waals surface area (Å²) in [5, 5.41) is 0. The van der Waals surface area contributed by atoms with Crippen molar-refractivity contribution in [2.45, 2.75) is 6.92 Å². The highest BCUT2D eigenvalue weighted by atomic mass is 16.1. The third-order valence-corrected chi connectivity index (χ3v) is 2.18. The zero-order chi connectivity index (χ0) is 12.3. The van der Waals surface area contributed by atoms with Crippen LogP contribution >= 0.6 is 0 Å². The number of rotatable bonds is 2. The van der Waals surface area contributed by atoms with Crippen LogP contribution in [-0.4, -0.2) is 16.2 Å². The average molecular weight is 228 g/mol. The van der Waals surface area contributed by atoms with Crippen LogP contribution in [0.5, 0.6) is 0 Å². The Morgan fingerprint density at radius 1 is 1.35 bits per heavy atom. The molecule has 0 saturated heterocycles. The number of H-pyrrole nitrogens is 1. The highest BCUT2D eigenvalue weighted by Crippen LogP contribution is 2.12. The average Bonchev–Trinajstić information content (AvgIpc) is 2.29. The van der Waals surface area contributed by atoms with Crippen LogP contribution in [0.15, 0.2) is 40.1 Å². The molecule has 0 bridgehead atoms. The Labute approximate surface area is 98.1 Å². The van der Waals surface area contributed by atoms with E-state index in [0.717, 1.165) is 5.56 Å². The van der Waals surface area contributed by atoms with E-state index in [9.17, 15) is 4.79 Å². The lowest BCUT2D eigenvalue weighted by Gasteiger charge is -1.99. The van der Waals surface area contributed by atoms with Crippen LogP contribution in [0.25, 0.3) is 0 Å². The Morgan fingerprint density at radius 3 is 2.71 bits per heavy atom. The third kappa shape index (κ3) is 2.57. The van der Waals surface area contributed by atoms with Crippen molar-refractivity contribution < 1.29 is 0 Å². The molecule has 0 aliphatic carbocycles. The number of nitrogens with zero attached hydrogens (tertiary/aromatic N) is 2. The number of aliphatic imine (C=N–C) groups is 1. The van der Waals surface area contributed by atoms with Crippen LogP contribution in [0.2, 0.25) is 0 Å². The molecule has 0 amide bonds. The van der Waals surface area contributed by atoms with Crippen molar-refractivity contribution in [2.75, 3.05) is 5.73 Å². The monoisotopic (exact) mass is 228 g/mol. The number of aryl methyl sites for hydroxylation is 1. The van der Waals surface area contributed by atoms with Gasteiger partial charge in [0.05, 0.1) is 0 Å². The van der Waals surface area contributed by atoms with E-state index < -0.39 is 0 Å². The lowest BCUT2D eigenvalue weighted by Crippen LogP contribution is -2.12. The first-order valence-corrected chi connectivity index (χ1v) is 5.12. The van der Waals surface area contributed by atoms with Gasteiger partial charge in [0.2, 0.25) is 0 Å². The molecule has 0 unspecified atom stereocenters. The minimum Gasteiger partial charge on any atom is -0.382 e. The molecule has 0 spiro atoms. The van der Waals surface area contributed by atoms with Crippen molar-refractivity contribution >= 4 is 17.7 Å². The SMILES string of the molecule is Cc1nc(N)c(N=Cc2ccccc2)c(=O)[nH]1. The lowest BCUT2D eigenvalue weighted by molar-refractivity contribution is 1.02. The van der Waals surface area contributed by atoms with Crippen molar-refractivity contribution in [3.63, 3.8) is 0 Å². The second-order valence-electron chi connectivity index (χ2n) is 3.55. The smallest absolute Gasteiger partial charge is 0.278 e. The Kier molecular flexibility index (Phi) is 3.00. The summed E-state index contributed by atoms with van der Waals surface area (Å²) in [5.74, 6) is 0.615. The first kappa shape index (κ1) is 11.1. The molecule has 0 radical (unpaired) electrons. The van der Waals surface area contributed by atoms with Crippen LogP contribution in [0.4, 0.5) is 11.5 Å². The zero-order valence-corrected chi connectivity index (χ0v) is 9.34. The maximum Gasteiger partial charge on any atom is 0.278 e. The maximum atomic E-state index is 11.6. The predicted octanol–water partition coefficient (Wildman–Crippen LogP) is 1.41. The third-order valence-electron chi connectivity index (χ3n) is 2.18. The Bertz CT molecular complexity index is 602. The van der Waals surface area contributed by atoms with E-state index in [0.29, 0.717) is 5.82 Å². The van der Waals surface area contributed by atoms with Crippen molar-refractivity contribution in [2.24, 2.45) is 4.99 Å². The number of hydrogen-bond donors (Lipinski definition) is 2. The van der Waals surface area contributed by atoms with Crippen molar-refractivity contribution in [3.8, 4) is 0 Å². The molecule has 86 valence electrons. The number of hydrogen-bond acceptors (Lipinski definition) is 4. The normalized spacial score (nSPS) is 10.9. The molecular formula is C12H12N4O. The van der Waals surface area contributed by atoms with Gasteiger partial charge in [-0.25, -0.2) is 9.98 Å². The van der Waals surface area contributed by atoms with Crippen LogP contribution in [0, 0.1) is 6.92 Å². The Morgan fingerprint density at radius 2 is 2.06 bits per heavy atom. The molecule has 1 heterocycles. The maximum absolute atomic E-state index is 11.6. The number of nitrogens with two attached hydrogens (primary N) is 1. The van der Waals surface area contributed by atoms with Crippen molar-refractivity contribution in [1.29, 1.82) is 0 Å². The first-order valence-electron chi connectivity index (χ1n) is 5.12. The molecule has 2 aromatic rings. The lowest BCUT2D eigenvalue weighted by atomic mass is 10.2. The fraction of sp³-hybridized carbons (Fsp3) is 0.0833. The van der Waals surface area contributed by atoms with Gasteiger partial charge in [0.15, 0.2) is 11.5 Å². The van der Waals surface area contributed by atoms with Gasteiger partial charge in [0, 0.05) is 6.21 Å². The Hall–Kier alpha value is -2.43. The molecule has 3 N–H and O–H groups in total. The molecule has 0 atom stereocenters. The topological polar surface area (TPSA) is 84.1 Å².